The summed E-state index contributed by atoms with van der Waals surface area (Å²) in [6.45, 7) is 6.31. The van der Waals surface area contributed by atoms with Crippen molar-refractivity contribution in [1.29, 1.82) is 0 Å². The number of aromatic nitrogens is 4. The average Bonchev–Trinajstić information content (AvgIpc) is 2.97. The summed E-state index contributed by atoms with van der Waals surface area (Å²) in [5.41, 5.74) is 1.89. The smallest absolute Gasteiger partial charge is 0.240 e. The van der Waals surface area contributed by atoms with Crippen LogP contribution in [0.15, 0.2) is 47.4 Å². The minimum Gasteiger partial charge on any atom is -0.369 e. The van der Waals surface area contributed by atoms with Gasteiger partial charge in [0.05, 0.1) is 10.6 Å². The third-order valence-corrected chi connectivity index (χ3v) is 5.30. The molecule has 1 aromatic carbocycles. The molecular formula is C18H22N6O2S. The normalized spacial score (nSPS) is 11.5. The summed E-state index contributed by atoms with van der Waals surface area (Å²) in [7, 11) is -3.51. The van der Waals surface area contributed by atoms with Gasteiger partial charge in [-0.1, -0.05) is 18.2 Å². The molecule has 0 bridgehead atoms. The second-order valence-electron chi connectivity index (χ2n) is 6.14. The van der Waals surface area contributed by atoms with Gasteiger partial charge in [-0.25, -0.2) is 27.8 Å². The molecular weight excluding hydrogens is 364 g/mol. The van der Waals surface area contributed by atoms with Gasteiger partial charge in [0, 0.05) is 24.8 Å². The maximum Gasteiger partial charge on any atom is 0.240 e. The van der Waals surface area contributed by atoms with Crippen LogP contribution in [0, 0.1) is 20.8 Å². The SMILES string of the molecule is Cc1cc(C)n(-c2cc(NCCNS(=O)(=O)c3ccccc3)nc(C)n2)n1. The second-order valence-corrected chi connectivity index (χ2v) is 7.90. The average molecular weight is 386 g/mol. The summed E-state index contributed by atoms with van der Waals surface area (Å²) >= 11 is 0. The summed E-state index contributed by atoms with van der Waals surface area (Å²) in [5, 5.41) is 7.56. The number of anilines is 1. The first-order chi connectivity index (χ1) is 12.8. The topological polar surface area (TPSA) is 102 Å². The Morgan fingerprint density at radius 3 is 2.41 bits per heavy atom. The molecule has 8 nitrogen and oxygen atoms in total. The van der Waals surface area contributed by atoms with Crippen molar-refractivity contribution in [3.8, 4) is 5.82 Å². The van der Waals surface area contributed by atoms with Gasteiger partial charge >= 0.3 is 0 Å². The van der Waals surface area contributed by atoms with Gasteiger partial charge in [0.1, 0.15) is 11.6 Å². The molecule has 0 aliphatic carbocycles. The summed E-state index contributed by atoms with van der Waals surface area (Å²) in [6, 6.07) is 12.0. The number of rotatable bonds is 7. The van der Waals surface area contributed by atoms with Crippen LogP contribution in [0.5, 0.6) is 0 Å². The minimum absolute atomic E-state index is 0.232. The Bertz CT molecular complexity index is 1030. The maximum atomic E-state index is 12.2. The van der Waals surface area contributed by atoms with Crippen LogP contribution in [0.1, 0.15) is 17.2 Å². The van der Waals surface area contributed by atoms with Crippen molar-refractivity contribution in [3.05, 3.63) is 59.7 Å². The van der Waals surface area contributed by atoms with Gasteiger partial charge in [0.2, 0.25) is 10.0 Å². The molecule has 9 heteroatoms. The van der Waals surface area contributed by atoms with Gasteiger partial charge in [-0.2, -0.15) is 5.10 Å². The Morgan fingerprint density at radius 2 is 1.74 bits per heavy atom. The van der Waals surface area contributed by atoms with E-state index in [1.807, 2.05) is 19.9 Å². The van der Waals surface area contributed by atoms with E-state index in [1.54, 1.807) is 48.0 Å². The molecule has 3 rings (SSSR count). The van der Waals surface area contributed by atoms with Crippen LogP contribution in [0.2, 0.25) is 0 Å². The third kappa shape index (κ3) is 4.69. The first-order valence-electron chi connectivity index (χ1n) is 8.53. The number of hydrogen-bond acceptors (Lipinski definition) is 6. The van der Waals surface area contributed by atoms with Crippen molar-refractivity contribution in [1.82, 2.24) is 24.5 Å². The van der Waals surface area contributed by atoms with Gasteiger partial charge in [-0.05, 0) is 39.0 Å². The molecule has 0 atom stereocenters. The summed E-state index contributed by atoms with van der Waals surface area (Å²) in [6.07, 6.45) is 0. The number of hydrogen-bond donors (Lipinski definition) is 2. The molecule has 0 fully saturated rings. The molecule has 2 N–H and O–H groups in total. The zero-order valence-electron chi connectivity index (χ0n) is 15.5. The quantitative estimate of drug-likeness (QED) is 0.602. The molecule has 142 valence electrons. The fraction of sp³-hybridized carbons (Fsp3) is 0.278. The highest BCUT2D eigenvalue weighted by molar-refractivity contribution is 7.89. The van der Waals surface area contributed by atoms with Crippen molar-refractivity contribution in [2.45, 2.75) is 25.7 Å². The van der Waals surface area contributed by atoms with Crippen LogP contribution in [0.25, 0.3) is 5.82 Å². The molecule has 0 aliphatic heterocycles. The van der Waals surface area contributed by atoms with E-state index in [0.29, 0.717) is 24.0 Å². The van der Waals surface area contributed by atoms with E-state index >= 15 is 0 Å². The molecule has 27 heavy (non-hydrogen) atoms. The van der Waals surface area contributed by atoms with Gasteiger partial charge < -0.3 is 5.32 Å². The fourth-order valence-corrected chi connectivity index (χ4v) is 3.72. The predicted octanol–water partition coefficient (Wildman–Crippen LogP) is 1.98. The number of nitrogens with zero attached hydrogens (tertiary/aromatic N) is 4. The van der Waals surface area contributed by atoms with Gasteiger partial charge in [-0.3, -0.25) is 0 Å². The zero-order chi connectivity index (χ0) is 19.4. The maximum absolute atomic E-state index is 12.2. The Labute approximate surface area is 158 Å². The first kappa shape index (κ1) is 19.0. The second kappa shape index (κ2) is 7.85. The lowest BCUT2D eigenvalue weighted by Gasteiger charge is -2.10. The van der Waals surface area contributed by atoms with Crippen LogP contribution in [-0.2, 0) is 10.0 Å². The van der Waals surface area contributed by atoms with Crippen molar-refractivity contribution in [3.63, 3.8) is 0 Å². The molecule has 3 aromatic rings. The summed E-state index contributed by atoms with van der Waals surface area (Å²) in [5.74, 6) is 1.89. The molecule has 0 amide bonds. The van der Waals surface area contributed by atoms with E-state index in [-0.39, 0.29) is 11.4 Å². The summed E-state index contributed by atoms with van der Waals surface area (Å²) in [4.78, 5) is 9.02. The van der Waals surface area contributed by atoms with E-state index in [1.165, 1.54) is 0 Å². The Morgan fingerprint density at radius 1 is 1.00 bits per heavy atom. The van der Waals surface area contributed by atoms with Crippen LogP contribution in [-0.4, -0.2) is 41.3 Å². The Kier molecular flexibility index (Phi) is 5.52. The molecule has 2 aromatic heterocycles. The number of benzene rings is 1. The van der Waals surface area contributed by atoms with Crippen LogP contribution < -0.4 is 10.0 Å². The first-order valence-corrected chi connectivity index (χ1v) is 10.0. The lowest BCUT2D eigenvalue weighted by atomic mass is 10.4. The Balaban J connectivity index is 1.64. The van der Waals surface area contributed by atoms with E-state index in [2.05, 4.69) is 25.1 Å². The van der Waals surface area contributed by atoms with E-state index in [4.69, 9.17) is 0 Å². The van der Waals surface area contributed by atoms with Gasteiger partial charge in [0.25, 0.3) is 0 Å². The lowest BCUT2D eigenvalue weighted by molar-refractivity contribution is 0.583. The Hall–Kier alpha value is -2.78. The molecule has 0 saturated carbocycles. The third-order valence-electron chi connectivity index (χ3n) is 3.83. The highest BCUT2D eigenvalue weighted by Gasteiger charge is 2.12. The van der Waals surface area contributed by atoms with Crippen molar-refractivity contribution >= 4 is 15.8 Å². The van der Waals surface area contributed by atoms with Gasteiger partial charge in [0.15, 0.2) is 5.82 Å². The molecule has 0 spiro atoms. The molecule has 2 heterocycles. The van der Waals surface area contributed by atoms with Gasteiger partial charge in [-0.15, -0.1) is 0 Å². The van der Waals surface area contributed by atoms with Crippen molar-refractivity contribution in [2.24, 2.45) is 0 Å². The minimum atomic E-state index is -3.51. The largest absolute Gasteiger partial charge is 0.369 e. The summed E-state index contributed by atoms with van der Waals surface area (Å²) < 4.78 is 28.7. The fourth-order valence-electron chi connectivity index (χ4n) is 2.67. The standard InChI is InChI=1S/C18H22N6O2S/c1-13-11-14(2)24(23-13)18-12-17(21-15(3)22-18)19-9-10-20-27(25,26)16-7-5-4-6-8-16/h4-8,11-12,20H,9-10H2,1-3H3,(H,19,21,22). The van der Waals surface area contributed by atoms with Crippen molar-refractivity contribution in [2.75, 3.05) is 18.4 Å². The molecule has 0 aliphatic rings. The zero-order valence-corrected chi connectivity index (χ0v) is 16.3. The van der Waals surface area contributed by atoms with Crippen LogP contribution >= 0.6 is 0 Å². The molecule has 0 unspecified atom stereocenters. The van der Waals surface area contributed by atoms with E-state index < -0.39 is 10.0 Å². The number of nitrogens with one attached hydrogen (secondary N) is 2. The molecule has 0 radical (unpaired) electrons. The van der Waals surface area contributed by atoms with Crippen LogP contribution in [0.4, 0.5) is 5.82 Å². The highest BCUT2D eigenvalue weighted by atomic mass is 32.2. The number of aryl methyl sites for hydroxylation is 3. The van der Waals surface area contributed by atoms with E-state index in [9.17, 15) is 8.42 Å². The predicted molar refractivity (Wildman–Crippen MR) is 103 cm³/mol. The number of sulfonamides is 1. The molecule has 0 saturated heterocycles. The monoisotopic (exact) mass is 386 g/mol. The van der Waals surface area contributed by atoms with E-state index in [0.717, 1.165) is 11.4 Å². The highest BCUT2D eigenvalue weighted by Crippen LogP contribution is 2.14. The lowest BCUT2D eigenvalue weighted by Crippen LogP contribution is -2.29. The van der Waals surface area contributed by atoms with Crippen molar-refractivity contribution < 1.29 is 8.42 Å². The van der Waals surface area contributed by atoms with Crippen LogP contribution in [0.3, 0.4) is 0 Å².